The maximum absolute atomic E-state index is 12.0. The van der Waals surface area contributed by atoms with E-state index in [4.69, 9.17) is 5.11 Å². The number of aryl methyl sites for hydroxylation is 2. The van der Waals surface area contributed by atoms with Gasteiger partial charge in [0, 0.05) is 17.8 Å². The highest BCUT2D eigenvalue weighted by atomic mass is 32.1. The van der Waals surface area contributed by atoms with E-state index in [0.29, 0.717) is 6.54 Å². The maximum Gasteiger partial charge on any atom is 0.303 e. The zero-order valence-electron chi connectivity index (χ0n) is 11.1. The first-order chi connectivity index (χ1) is 9.10. The number of fused-ring (bicyclic) bond motifs is 1. The van der Waals surface area contributed by atoms with Gasteiger partial charge in [-0.05, 0) is 36.8 Å². The van der Waals surface area contributed by atoms with Crippen molar-refractivity contribution >= 4 is 23.2 Å². The van der Waals surface area contributed by atoms with E-state index in [9.17, 15) is 9.59 Å². The van der Waals surface area contributed by atoms with E-state index in [0.717, 1.165) is 24.1 Å². The predicted molar refractivity (Wildman–Crippen MR) is 74.7 cm³/mol. The SMILES string of the molecule is CCC(CNC(=O)c1cc2c(s1)CCC2)CC(=O)O. The van der Waals surface area contributed by atoms with E-state index in [1.54, 1.807) is 11.3 Å². The third kappa shape index (κ3) is 3.56. The zero-order valence-corrected chi connectivity index (χ0v) is 11.9. The molecule has 19 heavy (non-hydrogen) atoms. The lowest BCUT2D eigenvalue weighted by Gasteiger charge is -2.12. The zero-order chi connectivity index (χ0) is 13.8. The summed E-state index contributed by atoms with van der Waals surface area (Å²) in [7, 11) is 0. The minimum atomic E-state index is -0.809. The molecule has 0 fully saturated rings. The summed E-state index contributed by atoms with van der Waals surface area (Å²) in [6.07, 6.45) is 4.23. The number of carboxylic acids is 1. The minimum Gasteiger partial charge on any atom is -0.481 e. The van der Waals surface area contributed by atoms with Crippen LogP contribution in [0.15, 0.2) is 6.07 Å². The average Bonchev–Trinajstić information content (AvgIpc) is 2.93. The Bertz CT molecular complexity index is 460. The fraction of sp³-hybridized carbons (Fsp3) is 0.571. The number of amides is 1. The molecule has 1 unspecified atom stereocenters. The fourth-order valence-corrected chi connectivity index (χ4v) is 3.54. The van der Waals surface area contributed by atoms with Crippen molar-refractivity contribution in [3.63, 3.8) is 0 Å². The van der Waals surface area contributed by atoms with E-state index in [-0.39, 0.29) is 18.2 Å². The number of hydrogen-bond donors (Lipinski definition) is 2. The summed E-state index contributed by atoms with van der Waals surface area (Å²) in [4.78, 5) is 24.8. The number of aliphatic carboxylic acids is 1. The van der Waals surface area contributed by atoms with Crippen LogP contribution in [0, 0.1) is 5.92 Å². The molecule has 2 rings (SSSR count). The molecule has 1 aromatic heterocycles. The average molecular weight is 281 g/mol. The van der Waals surface area contributed by atoms with Gasteiger partial charge in [-0.2, -0.15) is 0 Å². The Hall–Kier alpha value is -1.36. The molecule has 1 atom stereocenters. The molecular weight excluding hydrogens is 262 g/mol. The summed E-state index contributed by atoms with van der Waals surface area (Å²) >= 11 is 1.57. The second kappa shape index (κ2) is 6.19. The van der Waals surface area contributed by atoms with Crippen LogP contribution in [0.4, 0.5) is 0 Å². The van der Waals surface area contributed by atoms with Crippen LogP contribution in [-0.2, 0) is 17.6 Å². The van der Waals surface area contributed by atoms with Gasteiger partial charge in [0.05, 0.1) is 4.88 Å². The molecule has 2 N–H and O–H groups in total. The van der Waals surface area contributed by atoms with Crippen LogP contribution in [0.3, 0.4) is 0 Å². The number of hydrogen-bond acceptors (Lipinski definition) is 3. The van der Waals surface area contributed by atoms with E-state index >= 15 is 0 Å². The van der Waals surface area contributed by atoms with E-state index < -0.39 is 5.97 Å². The van der Waals surface area contributed by atoms with Gasteiger partial charge in [0.25, 0.3) is 5.91 Å². The second-order valence-electron chi connectivity index (χ2n) is 4.99. The normalized spacial score (nSPS) is 15.0. The first kappa shape index (κ1) is 14.1. The Morgan fingerprint density at radius 3 is 2.89 bits per heavy atom. The molecule has 0 spiro atoms. The topological polar surface area (TPSA) is 66.4 Å². The number of carbonyl (C=O) groups is 2. The molecule has 0 saturated heterocycles. The van der Waals surface area contributed by atoms with Crippen LogP contribution >= 0.6 is 11.3 Å². The molecule has 0 bridgehead atoms. The van der Waals surface area contributed by atoms with Crippen molar-refractivity contribution in [2.75, 3.05) is 6.54 Å². The summed E-state index contributed by atoms with van der Waals surface area (Å²) in [5, 5.41) is 11.6. The monoisotopic (exact) mass is 281 g/mol. The highest BCUT2D eigenvalue weighted by Gasteiger charge is 2.19. The minimum absolute atomic E-state index is 0.00765. The molecule has 1 aliphatic rings. The van der Waals surface area contributed by atoms with Crippen LogP contribution < -0.4 is 5.32 Å². The molecule has 0 saturated carbocycles. The highest BCUT2D eigenvalue weighted by molar-refractivity contribution is 7.14. The smallest absolute Gasteiger partial charge is 0.303 e. The Kier molecular flexibility index (Phi) is 4.58. The molecule has 0 aromatic carbocycles. The van der Waals surface area contributed by atoms with Crippen LogP contribution in [0.1, 0.15) is 46.3 Å². The third-order valence-electron chi connectivity index (χ3n) is 3.56. The van der Waals surface area contributed by atoms with Gasteiger partial charge >= 0.3 is 5.97 Å². The first-order valence-corrected chi connectivity index (χ1v) is 7.53. The van der Waals surface area contributed by atoms with Crippen LogP contribution in [0.2, 0.25) is 0 Å². The van der Waals surface area contributed by atoms with Gasteiger partial charge in [-0.3, -0.25) is 9.59 Å². The van der Waals surface area contributed by atoms with Crippen molar-refractivity contribution in [1.82, 2.24) is 5.32 Å². The molecule has 0 aliphatic heterocycles. The maximum atomic E-state index is 12.0. The Balaban J connectivity index is 1.88. The van der Waals surface area contributed by atoms with Gasteiger partial charge in [0.15, 0.2) is 0 Å². The van der Waals surface area contributed by atoms with E-state index in [1.165, 1.54) is 16.9 Å². The molecule has 1 amide bonds. The number of carboxylic acid groups (broad SMARTS) is 1. The molecule has 4 nitrogen and oxygen atoms in total. The number of nitrogens with one attached hydrogen (secondary N) is 1. The summed E-state index contributed by atoms with van der Waals surface area (Å²) in [5.74, 6) is -0.868. The van der Waals surface area contributed by atoms with Gasteiger partial charge in [-0.25, -0.2) is 0 Å². The van der Waals surface area contributed by atoms with Crippen LogP contribution in [0.25, 0.3) is 0 Å². The molecule has 5 heteroatoms. The van der Waals surface area contributed by atoms with Crippen molar-refractivity contribution in [2.24, 2.45) is 5.92 Å². The van der Waals surface area contributed by atoms with Crippen molar-refractivity contribution in [2.45, 2.75) is 39.0 Å². The van der Waals surface area contributed by atoms with Crippen molar-refractivity contribution in [1.29, 1.82) is 0 Å². The Morgan fingerprint density at radius 1 is 1.47 bits per heavy atom. The van der Waals surface area contributed by atoms with Crippen molar-refractivity contribution in [3.8, 4) is 0 Å². The Labute approximate surface area is 116 Å². The fourth-order valence-electron chi connectivity index (χ4n) is 2.37. The summed E-state index contributed by atoms with van der Waals surface area (Å²) < 4.78 is 0. The largest absolute Gasteiger partial charge is 0.481 e. The molecular formula is C14H19NO3S. The predicted octanol–water partition coefficient (Wildman–Crippen LogP) is 2.47. The van der Waals surface area contributed by atoms with Gasteiger partial charge in [0.1, 0.15) is 0 Å². The van der Waals surface area contributed by atoms with Gasteiger partial charge < -0.3 is 10.4 Å². The first-order valence-electron chi connectivity index (χ1n) is 6.71. The lowest BCUT2D eigenvalue weighted by atomic mass is 10.0. The highest BCUT2D eigenvalue weighted by Crippen LogP contribution is 2.30. The number of carbonyl (C=O) groups excluding carboxylic acids is 1. The van der Waals surface area contributed by atoms with E-state index in [2.05, 4.69) is 5.32 Å². The van der Waals surface area contributed by atoms with Gasteiger partial charge in [-0.1, -0.05) is 13.3 Å². The van der Waals surface area contributed by atoms with Crippen molar-refractivity contribution < 1.29 is 14.7 Å². The molecule has 1 heterocycles. The summed E-state index contributed by atoms with van der Waals surface area (Å²) in [5.41, 5.74) is 1.31. The van der Waals surface area contributed by atoms with E-state index in [1.807, 2.05) is 13.0 Å². The molecule has 0 radical (unpaired) electrons. The lowest BCUT2D eigenvalue weighted by molar-refractivity contribution is -0.138. The summed E-state index contributed by atoms with van der Waals surface area (Å²) in [6, 6.07) is 1.99. The van der Waals surface area contributed by atoms with Gasteiger partial charge in [0.2, 0.25) is 0 Å². The molecule has 104 valence electrons. The van der Waals surface area contributed by atoms with Crippen LogP contribution in [-0.4, -0.2) is 23.5 Å². The quantitative estimate of drug-likeness (QED) is 0.841. The molecule has 1 aliphatic carbocycles. The lowest BCUT2D eigenvalue weighted by Crippen LogP contribution is -2.29. The molecule has 1 aromatic rings. The van der Waals surface area contributed by atoms with Gasteiger partial charge in [-0.15, -0.1) is 11.3 Å². The summed E-state index contributed by atoms with van der Waals surface area (Å²) in [6.45, 7) is 2.38. The number of thiophene rings is 1. The number of rotatable bonds is 6. The third-order valence-corrected chi connectivity index (χ3v) is 4.80. The van der Waals surface area contributed by atoms with Crippen LogP contribution in [0.5, 0.6) is 0 Å². The second-order valence-corrected chi connectivity index (χ2v) is 6.13. The van der Waals surface area contributed by atoms with Crippen molar-refractivity contribution in [3.05, 3.63) is 21.4 Å². The standard InChI is InChI=1S/C14H19NO3S/c1-2-9(6-13(16)17)8-15-14(18)12-7-10-4-3-5-11(10)19-12/h7,9H,2-6,8H2,1H3,(H,15,18)(H,16,17). The Morgan fingerprint density at radius 2 is 2.26 bits per heavy atom.